The van der Waals surface area contributed by atoms with Crippen molar-refractivity contribution in [2.75, 3.05) is 13.1 Å². The highest BCUT2D eigenvalue weighted by Crippen LogP contribution is 2.24. The molecule has 2 N–H and O–H groups in total. The lowest BCUT2D eigenvalue weighted by Gasteiger charge is -2.32. The third kappa shape index (κ3) is 3.63. The van der Waals surface area contributed by atoms with Crippen molar-refractivity contribution < 1.29 is 13.9 Å². The van der Waals surface area contributed by atoms with Gasteiger partial charge in [-0.05, 0) is 37.6 Å². The third-order valence-corrected chi connectivity index (χ3v) is 3.07. The highest BCUT2D eigenvalue weighted by Gasteiger charge is 2.30. The average molecular weight is 264 g/mol. The molecule has 0 bridgehead atoms. The van der Waals surface area contributed by atoms with Crippen molar-refractivity contribution in [1.29, 1.82) is 0 Å². The van der Waals surface area contributed by atoms with Gasteiger partial charge in [0.1, 0.15) is 11.6 Å². The van der Waals surface area contributed by atoms with Crippen molar-refractivity contribution in [2.24, 2.45) is 0 Å². The topological polar surface area (TPSA) is 32.3 Å². The number of benzene rings is 1. The van der Waals surface area contributed by atoms with Gasteiger partial charge in [-0.25, -0.2) is 8.78 Å². The number of hydrogen-bond donors (Lipinski definition) is 2. The second kappa shape index (κ2) is 5.76. The van der Waals surface area contributed by atoms with Crippen LogP contribution < -0.4 is 5.32 Å². The summed E-state index contributed by atoms with van der Waals surface area (Å²) >= 11 is 0. The largest absolute Gasteiger partial charge is 0.389 e. The summed E-state index contributed by atoms with van der Waals surface area (Å²) in [4.78, 5) is 0. The van der Waals surface area contributed by atoms with E-state index in [-0.39, 0.29) is 18.8 Å². The standard InChI is InChI=1S/C12H15F2NO.ClH/c13-10-2-1-9(11(14)7-10)8-12(16)3-5-15-6-4-12;/h1-2,7,15-16H,3-6,8H2;1H. The molecular formula is C12H16ClF2NO. The Kier molecular flexibility index (Phi) is 4.86. The van der Waals surface area contributed by atoms with Crippen LogP contribution in [-0.2, 0) is 6.42 Å². The van der Waals surface area contributed by atoms with Crippen LogP contribution >= 0.6 is 12.4 Å². The summed E-state index contributed by atoms with van der Waals surface area (Å²) < 4.78 is 26.1. The summed E-state index contributed by atoms with van der Waals surface area (Å²) in [5.74, 6) is -1.16. The summed E-state index contributed by atoms with van der Waals surface area (Å²) in [5.41, 5.74) is -0.477. The zero-order valence-electron chi connectivity index (χ0n) is 9.38. The molecule has 0 amide bonds. The van der Waals surface area contributed by atoms with E-state index in [4.69, 9.17) is 0 Å². The van der Waals surface area contributed by atoms with Crippen LogP contribution in [-0.4, -0.2) is 23.8 Å². The Labute approximate surface area is 105 Å². The van der Waals surface area contributed by atoms with Crippen LogP contribution in [0.1, 0.15) is 18.4 Å². The second-order valence-electron chi connectivity index (χ2n) is 4.39. The molecule has 0 saturated carbocycles. The molecule has 5 heteroatoms. The molecule has 0 spiro atoms. The molecule has 2 nitrogen and oxygen atoms in total. The van der Waals surface area contributed by atoms with Gasteiger partial charge < -0.3 is 10.4 Å². The summed E-state index contributed by atoms with van der Waals surface area (Å²) in [6, 6.07) is 3.49. The minimum Gasteiger partial charge on any atom is -0.389 e. The molecule has 17 heavy (non-hydrogen) atoms. The molecule has 2 rings (SSSR count). The van der Waals surface area contributed by atoms with Crippen LogP contribution in [0, 0.1) is 11.6 Å². The molecule has 1 fully saturated rings. The van der Waals surface area contributed by atoms with Gasteiger partial charge in [0.25, 0.3) is 0 Å². The molecule has 1 heterocycles. The van der Waals surface area contributed by atoms with Crippen molar-refractivity contribution in [2.45, 2.75) is 24.9 Å². The molecule has 1 aromatic carbocycles. The number of nitrogens with one attached hydrogen (secondary N) is 1. The van der Waals surface area contributed by atoms with E-state index in [2.05, 4.69) is 5.32 Å². The molecule has 0 atom stereocenters. The van der Waals surface area contributed by atoms with Crippen LogP contribution in [0.2, 0.25) is 0 Å². The maximum atomic E-state index is 13.4. The van der Waals surface area contributed by atoms with Gasteiger partial charge in [0, 0.05) is 12.5 Å². The predicted octanol–water partition coefficient (Wildman–Crippen LogP) is 2.04. The smallest absolute Gasteiger partial charge is 0.129 e. The average Bonchev–Trinajstić information content (AvgIpc) is 2.23. The van der Waals surface area contributed by atoms with Gasteiger partial charge >= 0.3 is 0 Å². The van der Waals surface area contributed by atoms with Crippen LogP contribution in [0.4, 0.5) is 8.78 Å². The fraction of sp³-hybridized carbons (Fsp3) is 0.500. The van der Waals surface area contributed by atoms with Gasteiger partial charge in [0.15, 0.2) is 0 Å². The van der Waals surface area contributed by atoms with Gasteiger partial charge in [0.05, 0.1) is 5.60 Å². The van der Waals surface area contributed by atoms with Gasteiger partial charge in [0.2, 0.25) is 0 Å². The Morgan fingerprint density at radius 1 is 1.24 bits per heavy atom. The fourth-order valence-electron chi connectivity index (χ4n) is 2.09. The van der Waals surface area contributed by atoms with Gasteiger partial charge in [-0.15, -0.1) is 12.4 Å². The molecule has 1 saturated heterocycles. The lowest BCUT2D eigenvalue weighted by molar-refractivity contribution is 0.0101. The Bertz CT molecular complexity index is 381. The number of halogens is 3. The third-order valence-electron chi connectivity index (χ3n) is 3.07. The number of hydrogen-bond acceptors (Lipinski definition) is 2. The van der Waals surface area contributed by atoms with Crippen molar-refractivity contribution in [3.8, 4) is 0 Å². The molecule has 96 valence electrons. The molecule has 1 aliphatic rings. The van der Waals surface area contributed by atoms with E-state index >= 15 is 0 Å². The van der Waals surface area contributed by atoms with E-state index in [1.54, 1.807) is 0 Å². The molecule has 1 aromatic rings. The normalized spacial score (nSPS) is 18.5. The van der Waals surface area contributed by atoms with Crippen molar-refractivity contribution in [3.63, 3.8) is 0 Å². The van der Waals surface area contributed by atoms with Crippen LogP contribution in [0.25, 0.3) is 0 Å². The SMILES string of the molecule is Cl.OC1(Cc2ccc(F)cc2F)CCNCC1. The van der Waals surface area contributed by atoms with E-state index in [0.29, 0.717) is 18.4 Å². The van der Waals surface area contributed by atoms with Gasteiger partial charge in [-0.1, -0.05) is 6.07 Å². The van der Waals surface area contributed by atoms with E-state index in [0.717, 1.165) is 19.2 Å². The highest BCUT2D eigenvalue weighted by atomic mass is 35.5. The Balaban J connectivity index is 0.00000144. The molecule has 0 radical (unpaired) electrons. The summed E-state index contributed by atoms with van der Waals surface area (Å²) in [6.07, 6.45) is 1.45. The van der Waals surface area contributed by atoms with E-state index in [9.17, 15) is 13.9 Å². The minimum atomic E-state index is -0.857. The summed E-state index contributed by atoms with van der Waals surface area (Å²) in [7, 11) is 0. The molecule has 0 aromatic heterocycles. The number of rotatable bonds is 2. The highest BCUT2D eigenvalue weighted by molar-refractivity contribution is 5.85. The first-order chi connectivity index (χ1) is 7.59. The summed E-state index contributed by atoms with van der Waals surface area (Å²) in [5, 5.41) is 13.4. The number of aliphatic hydroxyl groups is 1. The number of piperidine rings is 1. The van der Waals surface area contributed by atoms with Crippen LogP contribution in [0.3, 0.4) is 0 Å². The van der Waals surface area contributed by atoms with Crippen molar-refractivity contribution in [1.82, 2.24) is 5.32 Å². The molecular weight excluding hydrogens is 248 g/mol. The van der Waals surface area contributed by atoms with Crippen molar-refractivity contribution >= 4 is 12.4 Å². The van der Waals surface area contributed by atoms with E-state index in [1.165, 1.54) is 12.1 Å². The minimum absolute atomic E-state index is 0. The van der Waals surface area contributed by atoms with E-state index < -0.39 is 17.2 Å². The lowest BCUT2D eigenvalue weighted by Crippen LogP contribution is -2.43. The lowest BCUT2D eigenvalue weighted by atomic mass is 9.86. The molecule has 0 aliphatic carbocycles. The Morgan fingerprint density at radius 2 is 1.88 bits per heavy atom. The van der Waals surface area contributed by atoms with Crippen molar-refractivity contribution in [3.05, 3.63) is 35.4 Å². The monoisotopic (exact) mass is 263 g/mol. The Morgan fingerprint density at radius 3 is 2.47 bits per heavy atom. The first kappa shape index (κ1) is 14.4. The van der Waals surface area contributed by atoms with Gasteiger partial charge in [-0.3, -0.25) is 0 Å². The first-order valence-corrected chi connectivity index (χ1v) is 5.46. The van der Waals surface area contributed by atoms with E-state index in [1.807, 2.05) is 0 Å². The summed E-state index contributed by atoms with van der Waals surface area (Å²) in [6.45, 7) is 1.47. The van der Waals surface area contributed by atoms with Gasteiger partial charge in [-0.2, -0.15) is 0 Å². The van der Waals surface area contributed by atoms with Crippen LogP contribution in [0.5, 0.6) is 0 Å². The van der Waals surface area contributed by atoms with Crippen LogP contribution in [0.15, 0.2) is 18.2 Å². The molecule has 1 aliphatic heterocycles. The quantitative estimate of drug-likeness (QED) is 0.856. The first-order valence-electron chi connectivity index (χ1n) is 5.46. The maximum absolute atomic E-state index is 13.4. The second-order valence-corrected chi connectivity index (χ2v) is 4.39. The zero-order valence-corrected chi connectivity index (χ0v) is 10.2. The maximum Gasteiger partial charge on any atom is 0.129 e. The fourth-order valence-corrected chi connectivity index (χ4v) is 2.09. The Hall–Kier alpha value is -0.710. The predicted molar refractivity (Wildman–Crippen MR) is 64.4 cm³/mol. The zero-order chi connectivity index (χ0) is 11.6. The molecule has 0 unspecified atom stereocenters.